The second kappa shape index (κ2) is 10.5. The Bertz CT molecular complexity index is 966. The number of carbonyl (C=O) groups is 4. The standard InChI is InChI=1S/C18H24N4O9S/c1-7(23)22(12-15(19)20-18(32-5)21-16(12)27)17-14(31-10(4)26)13(30-9(3)25)11(6-28-17)29-8(2)24/h11,13-14,17H,6H2,1-5H3,(H3,19,20,21,27)/t11-,13-,14+,17-/m0/s1. The van der Waals surface area contributed by atoms with Crippen molar-refractivity contribution in [3.05, 3.63) is 10.4 Å². The minimum Gasteiger partial charge on any atom is -0.456 e. The van der Waals surface area contributed by atoms with Crippen LogP contribution in [0, 0.1) is 0 Å². The SMILES string of the molecule is CSc1nc(N)c(N(C(C)=O)[C@H]2OC[C@H](OC(C)=O)[C@H](OC(C)=O)[C@H]2OC(C)=O)c(=O)[nH]1. The molecular formula is C18H24N4O9S. The number of hydrogen-bond acceptors (Lipinski definition) is 12. The summed E-state index contributed by atoms with van der Waals surface area (Å²) < 4.78 is 21.4. The molecule has 1 aliphatic rings. The number of nitrogens with one attached hydrogen (secondary N) is 1. The molecule has 2 rings (SSSR count). The fraction of sp³-hybridized carbons (Fsp3) is 0.556. The third kappa shape index (κ3) is 5.76. The number of amides is 1. The minimum absolute atomic E-state index is 0.216. The van der Waals surface area contributed by atoms with Crippen LogP contribution in [0.1, 0.15) is 27.7 Å². The Hall–Kier alpha value is -3.13. The van der Waals surface area contributed by atoms with Gasteiger partial charge in [-0.05, 0) is 6.26 Å². The van der Waals surface area contributed by atoms with Crippen molar-refractivity contribution in [2.45, 2.75) is 57.4 Å². The van der Waals surface area contributed by atoms with Gasteiger partial charge >= 0.3 is 17.9 Å². The monoisotopic (exact) mass is 472 g/mol. The van der Waals surface area contributed by atoms with E-state index in [0.29, 0.717) is 0 Å². The van der Waals surface area contributed by atoms with Crippen LogP contribution < -0.4 is 16.2 Å². The Kier molecular flexibility index (Phi) is 8.21. The summed E-state index contributed by atoms with van der Waals surface area (Å²) in [6.07, 6.45) is -3.71. The third-order valence-corrected chi connectivity index (χ3v) is 4.83. The van der Waals surface area contributed by atoms with Gasteiger partial charge in [-0.2, -0.15) is 0 Å². The van der Waals surface area contributed by atoms with Crippen molar-refractivity contribution in [2.24, 2.45) is 0 Å². The highest BCUT2D eigenvalue weighted by Crippen LogP contribution is 2.30. The van der Waals surface area contributed by atoms with Crippen LogP contribution in [0.3, 0.4) is 0 Å². The van der Waals surface area contributed by atoms with Gasteiger partial charge in [-0.3, -0.25) is 33.9 Å². The summed E-state index contributed by atoms with van der Waals surface area (Å²) in [4.78, 5) is 67.7. The molecule has 1 fully saturated rings. The topological polar surface area (TPSA) is 180 Å². The highest BCUT2D eigenvalue weighted by Gasteiger charge is 2.50. The lowest BCUT2D eigenvalue weighted by Gasteiger charge is -2.44. The zero-order valence-corrected chi connectivity index (χ0v) is 18.9. The summed E-state index contributed by atoms with van der Waals surface area (Å²) in [6, 6.07) is 0. The number of H-pyrrole nitrogens is 1. The van der Waals surface area contributed by atoms with Crippen molar-refractivity contribution in [3.8, 4) is 0 Å². The Balaban J connectivity index is 2.61. The van der Waals surface area contributed by atoms with Gasteiger partial charge in [0.25, 0.3) is 5.56 Å². The van der Waals surface area contributed by atoms with E-state index in [1.54, 1.807) is 6.26 Å². The van der Waals surface area contributed by atoms with E-state index in [0.717, 1.165) is 44.4 Å². The van der Waals surface area contributed by atoms with Crippen LogP contribution in [0.15, 0.2) is 9.95 Å². The van der Waals surface area contributed by atoms with Crippen LogP contribution in [-0.4, -0.2) is 71.2 Å². The Morgan fingerprint density at radius 2 is 1.62 bits per heavy atom. The molecule has 0 radical (unpaired) electrons. The average Bonchev–Trinajstić information content (AvgIpc) is 2.66. The molecule has 13 nitrogen and oxygen atoms in total. The number of nitrogens with zero attached hydrogens (tertiary/aromatic N) is 2. The second-order valence-corrected chi connectivity index (χ2v) is 7.51. The van der Waals surface area contributed by atoms with Crippen LogP contribution >= 0.6 is 11.8 Å². The molecule has 176 valence electrons. The normalized spacial score (nSPS) is 22.5. The number of carbonyl (C=O) groups excluding carboxylic acids is 4. The van der Waals surface area contributed by atoms with Crippen LogP contribution in [0.4, 0.5) is 11.5 Å². The van der Waals surface area contributed by atoms with Gasteiger partial charge in [0.15, 0.2) is 41.2 Å². The van der Waals surface area contributed by atoms with E-state index >= 15 is 0 Å². The second-order valence-electron chi connectivity index (χ2n) is 6.72. The van der Waals surface area contributed by atoms with Gasteiger partial charge < -0.3 is 24.7 Å². The first kappa shape index (κ1) is 25.1. The molecule has 2 heterocycles. The smallest absolute Gasteiger partial charge is 0.303 e. The van der Waals surface area contributed by atoms with Gasteiger partial charge in [0, 0.05) is 27.7 Å². The number of hydrogen-bond donors (Lipinski definition) is 2. The molecule has 0 saturated carbocycles. The van der Waals surface area contributed by atoms with E-state index in [1.165, 1.54) is 0 Å². The number of thioether (sulfide) groups is 1. The fourth-order valence-corrected chi connectivity index (χ4v) is 3.58. The molecule has 1 aromatic heterocycles. The van der Waals surface area contributed by atoms with Crippen molar-refractivity contribution < 1.29 is 38.1 Å². The van der Waals surface area contributed by atoms with Gasteiger partial charge in [-0.1, -0.05) is 11.8 Å². The largest absolute Gasteiger partial charge is 0.456 e. The highest BCUT2D eigenvalue weighted by atomic mass is 32.2. The lowest BCUT2D eigenvalue weighted by molar-refractivity contribution is -0.225. The molecule has 0 spiro atoms. The van der Waals surface area contributed by atoms with Crippen molar-refractivity contribution >= 4 is 47.1 Å². The summed E-state index contributed by atoms with van der Waals surface area (Å²) in [5, 5.41) is 0.216. The molecule has 1 amide bonds. The quantitative estimate of drug-likeness (QED) is 0.236. The number of ether oxygens (including phenoxy) is 4. The molecule has 32 heavy (non-hydrogen) atoms. The molecule has 3 N–H and O–H groups in total. The lowest BCUT2D eigenvalue weighted by Crippen LogP contribution is -2.63. The summed E-state index contributed by atoms with van der Waals surface area (Å²) in [6.45, 7) is 4.13. The maximum atomic E-state index is 12.7. The van der Waals surface area contributed by atoms with Crippen LogP contribution in [-0.2, 0) is 38.1 Å². The van der Waals surface area contributed by atoms with Crippen molar-refractivity contribution in [2.75, 3.05) is 23.5 Å². The van der Waals surface area contributed by atoms with Gasteiger partial charge in [-0.15, -0.1) is 0 Å². The summed E-state index contributed by atoms with van der Waals surface area (Å²) in [5.74, 6) is -3.23. The fourth-order valence-electron chi connectivity index (χ4n) is 3.20. The summed E-state index contributed by atoms with van der Waals surface area (Å²) in [7, 11) is 0. The minimum atomic E-state index is -1.46. The first-order chi connectivity index (χ1) is 15.0. The molecule has 14 heteroatoms. The molecule has 1 aromatic rings. The number of nitrogens with two attached hydrogens (primary N) is 1. The number of nitrogen functional groups attached to an aromatic ring is 1. The van der Waals surface area contributed by atoms with Gasteiger partial charge in [0.05, 0.1) is 6.61 Å². The number of aromatic nitrogens is 2. The maximum absolute atomic E-state index is 12.7. The third-order valence-electron chi connectivity index (χ3n) is 4.25. The molecule has 0 aliphatic carbocycles. The van der Waals surface area contributed by atoms with E-state index < -0.39 is 53.9 Å². The van der Waals surface area contributed by atoms with E-state index in [4.69, 9.17) is 24.7 Å². The van der Waals surface area contributed by atoms with E-state index in [1.807, 2.05) is 0 Å². The van der Waals surface area contributed by atoms with Gasteiger partial charge in [-0.25, -0.2) is 4.98 Å². The lowest BCUT2D eigenvalue weighted by atomic mass is 10.0. The Morgan fingerprint density at radius 1 is 1.06 bits per heavy atom. The zero-order valence-electron chi connectivity index (χ0n) is 18.1. The highest BCUT2D eigenvalue weighted by molar-refractivity contribution is 7.98. The van der Waals surface area contributed by atoms with Crippen LogP contribution in [0.5, 0.6) is 0 Å². The van der Waals surface area contributed by atoms with Crippen LogP contribution in [0.2, 0.25) is 0 Å². The first-order valence-corrected chi connectivity index (χ1v) is 10.6. The summed E-state index contributed by atoms with van der Waals surface area (Å²) >= 11 is 1.13. The van der Waals surface area contributed by atoms with Crippen LogP contribution in [0.25, 0.3) is 0 Å². The maximum Gasteiger partial charge on any atom is 0.303 e. The molecule has 0 unspecified atom stereocenters. The summed E-state index contributed by atoms with van der Waals surface area (Å²) in [5.41, 5.74) is 4.86. The number of rotatable bonds is 6. The number of esters is 3. The number of anilines is 2. The molecule has 0 bridgehead atoms. The first-order valence-electron chi connectivity index (χ1n) is 9.33. The molecular weight excluding hydrogens is 448 g/mol. The van der Waals surface area contributed by atoms with Crippen molar-refractivity contribution in [3.63, 3.8) is 0 Å². The molecule has 4 atom stereocenters. The number of aromatic amines is 1. The molecule has 0 aromatic carbocycles. The van der Waals surface area contributed by atoms with E-state index in [9.17, 15) is 24.0 Å². The van der Waals surface area contributed by atoms with Gasteiger partial charge in [0.1, 0.15) is 0 Å². The van der Waals surface area contributed by atoms with Crippen molar-refractivity contribution in [1.29, 1.82) is 0 Å². The van der Waals surface area contributed by atoms with Gasteiger partial charge in [0.2, 0.25) is 5.91 Å². The Morgan fingerprint density at radius 3 is 2.09 bits per heavy atom. The predicted octanol–water partition coefficient (Wildman–Crippen LogP) is -0.422. The molecule has 1 saturated heterocycles. The zero-order chi connectivity index (χ0) is 24.2. The predicted molar refractivity (Wildman–Crippen MR) is 111 cm³/mol. The van der Waals surface area contributed by atoms with Crippen molar-refractivity contribution in [1.82, 2.24) is 9.97 Å². The molecule has 1 aliphatic heterocycles. The Labute approximate surface area is 186 Å². The average molecular weight is 472 g/mol. The van der Waals surface area contributed by atoms with E-state index in [-0.39, 0.29) is 23.3 Å². The van der Waals surface area contributed by atoms with E-state index in [2.05, 4.69) is 9.97 Å².